The zero-order valence-electron chi connectivity index (χ0n) is 10.9. The highest BCUT2D eigenvalue weighted by atomic mass is 16.5. The number of carbonyl (C=O) groups excluding carboxylic acids is 1. The van der Waals surface area contributed by atoms with Gasteiger partial charge in [-0.1, -0.05) is 12.5 Å². The molecule has 2 N–H and O–H groups in total. The van der Waals surface area contributed by atoms with Crippen LogP contribution in [0.4, 0.5) is 0 Å². The maximum Gasteiger partial charge on any atom is 0.230 e. The Morgan fingerprint density at radius 1 is 1.71 bits per heavy atom. The molecular weight excluding hydrogens is 216 g/mol. The molecule has 1 rings (SSSR count). The highest BCUT2D eigenvalue weighted by Gasteiger charge is 2.44. The lowest BCUT2D eigenvalue weighted by Gasteiger charge is -2.34. The minimum Gasteiger partial charge on any atom is -0.383 e. The maximum absolute atomic E-state index is 12.5. The number of rotatable bonds is 6. The SMILES string of the molecule is C=CCN(CCOC)C(=O)C1(C)CCCC1N. The van der Waals surface area contributed by atoms with Crippen LogP contribution in [0.15, 0.2) is 12.7 Å². The molecule has 0 aromatic rings. The van der Waals surface area contributed by atoms with Crippen molar-refractivity contribution in [1.29, 1.82) is 0 Å². The van der Waals surface area contributed by atoms with E-state index in [-0.39, 0.29) is 11.9 Å². The molecule has 1 aliphatic carbocycles. The van der Waals surface area contributed by atoms with Gasteiger partial charge in [0, 0.05) is 26.2 Å². The number of methoxy groups -OCH3 is 1. The van der Waals surface area contributed by atoms with Crippen molar-refractivity contribution in [2.45, 2.75) is 32.2 Å². The second-order valence-electron chi connectivity index (χ2n) is 4.95. The quantitative estimate of drug-likeness (QED) is 0.709. The average molecular weight is 240 g/mol. The van der Waals surface area contributed by atoms with E-state index in [2.05, 4.69) is 6.58 Å². The monoisotopic (exact) mass is 240 g/mol. The van der Waals surface area contributed by atoms with Crippen LogP contribution in [0, 0.1) is 5.41 Å². The molecule has 0 saturated heterocycles. The number of hydrogen-bond donors (Lipinski definition) is 1. The Balaban J connectivity index is 2.72. The van der Waals surface area contributed by atoms with E-state index < -0.39 is 5.41 Å². The van der Waals surface area contributed by atoms with E-state index in [4.69, 9.17) is 10.5 Å². The second kappa shape index (κ2) is 6.17. The summed E-state index contributed by atoms with van der Waals surface area (Å²) in [6.07, 6.45) is 4.61. The summed E-state index contributed by atoms with van der Waals surface area (Å²) >= 11 is 0. The number of amides is 1. The molecule has 1 amide bonds. The predicted molar refractivity (Wildman–Crippen MR) is 68.6 cm³/mol. The van der Waals surface area contributed by atoms with Crippen molar-refractivity contribution >= 4 is 5.91 Å². The van der Waals surface area contributed by atoms with Crippen LogP contribution in [-0.2, 0) is 9.53 Å². The average Bonchev–Trinajstić information content (AvgIpc) is 2.65. The maximum atomic E-state index is 12.5. The Bertz CT molecular complexity index is 281. The normalized spacial score (nSPS) is 28.1. The van der Waals surface area contributed by atoms with Gasteiger partial charge in [0.05, 0.1) is 12.0 Å². The fraction of sp³-hybridized carbons (Fsp3) is 0.769. The zero-order chi connectivity index (χ0) is 12.9. The van der Waals surface area contributed by atoms with E-state index in [1.165, 1.54) is 0 Å². The van der Waals surface area contributed by atoms with Gasteiger partial charge >= 0.3 is 0 Å². The Morgan fingerprint density at radius 2 is 2.41 bits per heavy atom. The zero-order valence-corrected chi connectivity index (χ0v) is 10.9. The summed E-state index contributed by atoms with van der Waals surface area (Å²) in [4.78, 5) is 14.3. The molecule has 0 aromatic heterocycles. The summed E-state index contributed by atoms with van der Waals surface area (Å²) in [6, 6.07) is -0.0233. The fourth-order valence-corrected chi connectivity index (χ4v) is 2.45. The summed E-state index contributed by atoms with van der Waals surface area (Å²) < 4.78 is 5.03. The van der Waals surface area contributed by atoms with Crippen molar-refractivity contribution in [2.24, 2.45) is 11.1 Å². The molecule has 2 atom stereocenters. The molecule has 0 aromatic carbocycles. The van der Waals surface area contributed by atoms with Crippen LogP contribution >= 0.6 is 0 Å². The van der Waals surface area contributed by atoms with E-state index in [1.807, 2.05) is 6.92 Å². The first kappa shape index (κ1) is 14.2. The van der Waals surface area contributed by atoms with Gasteiger partial charge in [-0.25, -0.2) is 0 Å². The number of carbonyl (C=O) groups is 1. The van der Waals surface area contributed by atoms with Crippen LogP contribution in [0.3, 0.4) is 0 Å². The molecule has 98 valence electrons. The van der Waals surface area contributed by atoms with Crippen LogP contribution in [0.2, 0.25) is 0 Å². The van der Waals surface area contributed by atoms with Crippen molar-refractivity contribution in [3.63, 3.8) is 0 Å². The standard InChI is InChI=1S/C13H24N2O2/c1-4-8-15(9-10-17-3)12(16)13(2)7-5-6-11(13)14/h4,11H,1,5-10,14H2,2-3H3. The van der Waals surface area contributed by atoms with Gasteiger partial charge in [-0.05, 0) is 19.8 Å². The van der Waals surface area contributed by atoms with Crippen LogP contribution in [0.5, 0.6) is 0 Å². The minimum atomic E-state index is -0.406. The summed E-state index contributed by atoms with van der Waals surface area (Å²) in [7, 11) is 1.64. The van der Waals surface area contributed by atoms with Crippen LogP contribution in [0.1, 0.15) is 26.2 Å². The van der Waals surface area contributed by atoms with Crippen molar-refractivity contribution in [1.82, 2.24) is 4.90 Å². The highest BCUT2D eigenvalue weighted by Crippen LogP contribution is 2.38. The fourth-order valence-electron chi connectivity index (χ4n) is 2.45. The number of hydrogen-bond acceptors (Lipinski definition) is 3. The topological polar surface area (TPSA) is 55.6 Å². The minimum absolute atomic E-state index is 0.0233. The van der Waals surface area contributed by atoms with E-state index in [1.54, 1.807) is 18.1 Å². The molecule has 0 radical (unpaired) electrons. The first-order valence-electron chi connectivity index (χ1n) is 6.21. The van der Waals surface area contributed by atoms with Crippen LogP contribution in [-0.4, -0.2) is 43.7 Å². The third-order valence-electron chi connectivity index (χ3n) is 3.72. The summed E-state index contributed by atoms with van der Waals surface area (Å²) in [5.74, 6) is 0.138. The predicted octanol–water partition coefficient (Wildman–Crippen LogP) is 1.16. The second-order valence-corrected chi connectivity index (χ2v) is 4.95. The molecule has 0 spiro atoms. The van der Waals surface area contributed by atoms with Crippen LogP contribution in [0.25, 0.3) is 0 Å². The van der Waals surface area contributed by atoms with Crippen molar-refractivity contribution in [3.05, 3.63) is 12.7 Å². The van der Waals surface area contributed by atoms with Crippen molar-refractivity contribution in [3.8, 4) is 0 Å². The van der Waals surface area contributed by atoms with Crippen molar-refractivity contribution in [2.75, 3.05) is 26.8 Å². The van der Waals surface area contributed by atoms with Crippen molar-refractivity contribution < 1.29 is 9.53 Å². The number of ether oxygens (including phenoxy) is 1. The first-order valence-corrected chi connectivity index (χ1v) is 6.21. The number of nitrogens with two attached hydrogens (primary N) is 1. The molecule has 4 nitrogen and oxygen atoms in total. The van der Waals surface area contributed by atoms with E-state index in [0.29, 0.717) is 19.7 Å². The van der Waals surface area contributed by atoms with Gasteiger partial charge in [0.25, 0.3) is 0 Å². The third kappa shape index (κ3) is 3.07. The Kier molecular flexibility index (Phi) is 5.15. The lowest BCUT2D eigenvalue weighted by Crippen LogP contribution is -2.50. The van der Waals surface area contributed by atoms with E-state index in [0.717, 1.165) is 19.3 Å². The van der Waals surface area contributed by atoms with Gasteiger partial charge in [-0.3, -0.25) is 4.79 Å². The summed E-state index contributed by atoms with van der Waals surface area (Å²) in [5.41, 5.74) is 5.67. The first-order chi connectivity index (χ1) is 8.06. The molecular formula is C13H24N2O2. The Labute approximate surface area is 104 Å². The van der Waals surface area contributed by atoms with Crippen LogP contribution < -0.4 is 5.73 Å². The Hall–Kier alpha value is -0.870. The van der Waals surface area contributed by atoms with E-state index >= 15 is 0 Å². The highest BCUT2D eigenvalue weighted by molar-refractivity contribution is 5.83. The van der Waals surface area contributed by atoms with Gasteiger partial charge in [0.2, 0.25) is 5.91 Å². The Morgan fingerprint density at radius 3 is 2.88 bits per heavy atom. The smallest absolute Gasteiger partial charge is 0.230 e. The molecule has 1 saturated carbocycles. The molecule has 4 heteroatoms. The third-order valence-corrected chi connectivity index (χ3v) is 3.72. The molecule has 1 aliphatic rings. The van der Waals surface area contributed by atoms with Gasteiger partial charge in [-0.15, -0.1) is 6.58 Å². The largest absolute Gasteiger partial charge is 0.383 e. The number of nitrogens with zero attached hydrogens (tertiary/aromatic N) is 1. The molecule has 1 fully saturated rings. The van der Waals surface area contributed by atoms with Gasteiger partial charge in [-0.2, -0.15) is 0 Å². The summed E-state index contributed by atoms with van der Waals surface area (Å²) in [6.45, 7) is 7.38. The molecule has 0 bridgehead atoms. The molecule has 0 aliphatic heterocycles. The lowest BCUT2D eigenvalue weighted by atomic mass is 9.83. The lowest BCUT2D eigenvalue weighted by molar-refractivity contribution is -0.141. The summed E-state index contributed by atoms with van der Waals surface area (Å²) in [5, 5.41) is 0. The molecule has 2 unspecified atom stereocenters. The van der Waals surface area contributed by atoms with Gasteiger partial charge in [0.1, 0.15) is 0 Å². The molecule has 0 heterocycles. The molecule has 17 heavy (non-hydrogen) atoms. The van der Waals surface area contributed by atoms with Gasteiger partial charge < -0.3 is 15.4 Å². The van der Waals surface area contributed by atoms with Gasteiger partial charge in [0.15, 0.2) is 0 Å². The van der Waals surface area contributed by atoms with E-state index in [9.17, 15) is 4.79 Å².